The van der Waals surface area contributed by atoms with E-state index in [2.05, 4.69) is 26.0 Å². The van der Waals surface area contributed by atoms with E-state index in [1.165, 1.54) is 5.57 Å². The second-order valence-corrected chi connectivity index (χ2v) is 8.74. The molecule has 0 aliphatic heterocycles. The molecule has 0 bridgehead atoms. The molecule has 4 aliphatic rings. The van der Waals surface area contributed by atoms with Crippen molar-refractivity contribution in [3.8, 4) is 0 Å². The van der Waals surface area contributed by atoms with Gasteiger partial charge >= 0.3 is 0 Å². The highest BCUT2D eigenvalue weighted by molar-refractivity contribution is 5.87. The Bertz CT molecular complexity index is 619. The smallest absolute Gasteiger partial charge is 0.139 e. The molecule has 0 aromatic heterocycles. The fraction of sp³-hybridized carbons (Fsp3) is 0.762. The molecule has 132 valence electrons. The highest BCUT2D eigenvalue weighted by atomic mass is 16.5. The second-order valence-electron chi connectivity index (χ2n) is 8.74. The van der Waals surface area contributed by atoms with E-state index in [1.54, 1.807) is 0 Å². The number of ketones is 1. The Morgan fingerprint density at radius 3 is 2.83 bits per heavy atom. The quantitative estimate of drug-likeness (QED) is 0.832. The van der Waals surface area contributed by atoms with Gasteiger partial charge in [-0.25, -0.2) is 0 Å². The van der Waals surface area contributed by atoms with Gasteiger partial charge in [-0.15, -0.1) is 0 Å². The normalized spacial score (nSPS) is 47.2. The third-order valence-corrected chi connectivity index (χ3v) is 7.88. The summed E-state index contributed by atoms with van der Waals surface area (Å²) in [7, 11) is 0. The minimum atomic E-state index is -0.385. The first-order valence-electron chi connectivity index (χ1n) is 9.66. The van der Waals surface area contributed by atoms with Crippen molar-refractivity contribution in [2.75, 3.05) is 6.61 Å². The lowest BCUT2D eigenvalue weighted by Gasteiger charge is -2.57. The Balaban J connectivity index is 1.71. The van der Waals surface area contributed by atoms with Gasteiger partial charge in [-0.05, 0) is 62.0 Å². The van der Waals surface area contributed by atoms with Crippen LogP contribution < -0.4 is 0 Å². The molecule has 24 heavy (non-hydrogen) atoms. The van der Waals surface area contributed by atoms with Gasteiger partial charge < -0.3 is 9.84 Å². The number of carbonyl (C=O) groups excluding carboxylic acids is 1. The van der Waals surface area contributed by atoms with Crippen LogP contribution in [-0.2, 0) is 9.53 Å². The first kappa shape index (κ1) is 16.4. The number of allylic oxidation sites excluding steroid dienone is 2. The molecule has 1 N–H and O–H groups in total. The number of hydrogen-bond donors (Lipinski definition) is 1. The summed E-state index contributed by atoms with van der Waals surface area (Å²) in [6.07, 6.45) is 9.65. The molecule has 4 rings (SSSR count). The van der Waals surface area contributed by atoms with Gasteiger partial charge in [0.2, 0.25) is 0 Å². The Kier molecular flexibility index (Phi) is 3.72. The lowest BCUT2D eigenvalue weighted by molar-refractivity contribution is -0.133. The molecule has 3 heteroatoms. The van der Waals surface area contributed by atoms with Crippen molar-refractivity contribution in [1.29, 1.82) is 0 Å². The number of ether oxygens (including phenoxy) is 1. The van der Waals surface area contributed by atoms with Gasteiger partial charge in [-0.2, -0.15) is 0 Å². The van der Waals surface area contributed by atoms with Crippen LogP contribution in [0.3, 0.4) is 0 Å². The van der Waals surface area contributed by atoms with Gasteiger partial charge in [-0.3, -0.25) is 4.79 Å². The Morgan fingerprint density at radius 2 is 2.08 bits per heavy atom. The summed E-state index contributed by atoms with van der Waals surface area (Å²) in [6.45, 7) is 7.09. The van der Waals surface area contributed by atoms with Crippen LogP contribution in [0.15, 0.2) is 23.5 Å². The summed E-state index contributed by atoms with van der Waals surface area (Å²) >= 11 is 0. The maximum absolute atomic E-state index is 12.5. The third kappa shape index (κ3) is 2.03. The predicted octanol–water partition coefficient (Wildman–Crippen LogP) is 4.02. The summed E-state index contributed by atoms with van der Waals surface area (Å²) < 4.78 is 5.70. The van der Waals surface area contributed by atoms with Crippen LogP contribution >= 0.6 is 0 Å². The fourth-order valence-electron chi connectivity index (χ4n) is 6.40. The van der Waals surface area contributed by atoms with Crippen LogP contribution in [0.5, 0.6) is 0 Å². The van der Waals surface area contributed by atoms with Gasteiger partial charge in [0.15, 0.2) is 0 Å². The van der Waals surface area contributed by atoms with E-state index in [0.717, 1.165) is 37.9 Å². The van der Waals surface area contributed by atoms with Crippen molar-refractivity contribution < 1.29 is 14.6 Å². The molecule has 3 nitrogen and oxygen atoms in total. The topological polar surface area (TPSA) is 46.5 Å². The number of hydrogen-bond acceptors (Lipinski definition) is 3. The zero-order valence-electron chi connectivity index (χ0n) is 15.2. The molecule has 1 unspecified atom stereocenters. The first-order valence-corrected chi connectivity index (χ1v) is 9.66. The van der Waals surface area contributed by atoms with Crippen LogP contribution in [-0.4, -0.2) is 23.6 Å². The van der Waals surface area contributed by atoms with Crippen molar-refractivity contribution in [3.05, 3.63) is 23.5 Å². The largest absolute Gasteiger partial charge is 0.498 e. The molecule has 4 aliphatic carbocycles. The average molecular weight is 330 g/mol. The Morgan fingerprint density at radius 1 is 1.29 bits per heavy atom. The number of carbonyl (C=O) groups is 1. The van der Waals surface area contributed by atoms with E-state index in [0.29, 0.717) is 36.6 Å². The van der Waals surface area contributed by atoms with E-state index >= 15 is 0 Å². The highest BCUT2D eigenvalue weighted by Gasteiger charge is 2.60. The minimum Gasteiger partial charge on any atom is -0.498 e. The lowest BCUT2D eigenvalue weighted by Crippen LogP contribution is -2.53. The Labute approximate surface area is 145 Å². The monoisotopic (exact) mass is 330 g/mol. The SMILES string of the molecule is CCOC1=CC2=CC[C@H]3[C@@H]4CCC(=O)[C@@]4(C)CC[C@@H]3[C@@]2(C)C(O)C1. The molecular formula is C21H30O3. The third-order valence-electron chi connectivity index (χ3n) is 7.88. The number of aliphatic hydroxyl groups is 1. The lowest BCUT2D eigenvalue weighted by atomic mass is 9.48. The molecule has 0 aromatic carbocycles. The van der Waals surface area contributed by atoms with Crippen molar-refractivity contribution in [1.82, 2.24) is 0 Å². The van der Waals surface area contributed by atoms with Crippen LogP contribution in [0.4, 0.5) is 0 Å². The molecular weight excluding hydrogens is 300 g/mol. The van der Waals surface area contributed by atoms with E-state index in [-0.39, 0.29) is 16.9 Å². The van der Waals surface area contributed by atoms with E-state index in [9.17, 15) is 9.90 Å². The van der Waals surface area contributed by atoms with Gasteiger partial charge in [0.05, 0.1) is 18.5 Å². The average Bonchev–Trinajstić information content (AvgIpc) is 2.85. The predicted molar refractivity (Wildman–Crippen MR) is 93.2 cm³/mol. The van der Waals surface area contributed by atoms with Crippen LogP contribution in [0.2, 0.25) is 0 Å². The molecule has 2 saturated carbocycles. The zero-order chi connectivity index (χ0) is 17.1. The molecule has 0 aromatic rings. The summed E-state index contributed by atoms with van der Waals surface area (Å²) in [6, 6.07) is 0. The standard InChI is InChI=1S/C21H30O3/c1-4-24-14-11-13-5-6-15-16-7-8-18(22)20(16,2)10-9-17(15)21(13,3)19(23)12-14/h5,11,15-17,19,23H,4,6-10,12H2,1-3H3/t15-,16-,17-,19?,20-,21-/m0/s1. The van der Waals surface area contributed by atoms with E-state index in [4.69, 9.17) is 4.74 Å². The molecule has 0 amide bonds. The number of Topliss-reactive ketones (excluding diaryl/α,β-unsaturated/α-hetero) is 1. The van der Waals surface area contributed by atoms with Crippen molar-refractivity contribution in [2.45, 2.75) is 65.4 Å². The van der Waals surface area contributed by atoms with Crippen molar-refractivity contribution >= 4 is 5.78 Å². The number of rotatable bonds is 2. The zero-order valence-corrected chi connectivity index (χ0v) is 15.2. The first-order chi connectivity index (χ1) is 11.4. The summed E-state index contributed by atoms with van der Waals surface area (Å²) in [4.78, 5) is 12.5. The van der Waals surface area contributed by atoms with Crippen molar-refractivity contribution in [3.63, 3.8) is 0 Å². The van der Waals surface area contributed by atoms with Crippen LogP contribution in [0.25, 0.3) is 0 Å². The molecule has 6 atom stereocenters. The van der Waals surface area contributed by atoms with Gasteiger partial charge in [-0.1, -0.05) is 19.9 Å². The summed E-state index contributed by atoms with van der Waals surface area (Å²) in [5.41, 5.74) is 0.976. The maximum Gasteiger partial charge on any atom is 0.139 e. The molecule has 0 spiro atoms. The fourth-order valence-corrected chi connectivity index (χ4v) is 6.40. The van der Waals surface area contributed by atoms with Gasteiger partial charge in [0.25, 0.3) is 0 Å². The van der Waals surface area contributed by atoms with Crippen LogP contribution in [0.1, 0.15) is 59.3 Å². The highest BCUT2D eigenvalue weighted by Crippen LogP contribution is 2.63. The molecule has 0 heterocycles. The van der Waals surface area contributed by atoms with Gasteiger partial charge in [0.1, 0.15) is 5.78 Å². The minimum absolute atomic E-state index is 0.102. The molecule has 0 radical (unpaired) electrons. The molecule has 2 fully saturated rings. The summed E-state index contributed by atoms with van der Waals surface area (Å²) in [5.74, 6) is 2.93. The van der Waals surface area contributed by atoms with E-state index in [1.807, 2.05) is 6.92 Å². The van der Waals surface area contributed by atoms with Crippen molar-refractivity contribution in [2.24, 2.45) is 28.6 Å². The second kappa shape index (κ2) is 5.45. The number of aliphatic hydroxyl groups excluding tert-OH is 1. The summed E-state index contributed by atoms with van der Waals surface area (Å²) in [5, 5.41) is 11.0. The van der Waals surface area contributed by atoms with Crippen LogP contribution in [0, 0.1) is 28.6 Å². The maximum atomic E-state index is 12.5. The van der Waals surface area contributed by atoms with Gasteiger partial charge in [0, 0.05) is 23.7 Å². The number of fused-ring (bicyclic) bond motifs is 5. The van der Waals surface area contributed by atoms with E-state index < -0.39 is 0 Å². The molecule has 0 saturated heterocycles. The Hall–Kier alpha value is -1.09.